The number of hydrogen-bond acceptors (Lipinski definition) is 3. The van der Waals surface area contributed by atoms with Crippen molar-refractivity contribution in [3.05, 3.63) is 27.6 Å². The fourth-order valence-corrected chi connectivity index (χ4v) is 1.11. The molecule has 0 bridgehead atoms. The maximum Gasteiger partial charge on any atom is 0.412 e. The van der Waals surface area contributed by atoms with Crippen molar-refractivity contribution in [3.8, 4) is 0 Å². The molecule has 0 fully saturated rings. The molecule has 1 rings (SSSR count). The highest BCUT2D eigenvalue weighted by Gasteiger charge is 2.16. The summed E-state index contributed by atoms with van der Waals surface area (Å²) < 4.78 is 4.99. The highest BCUT2D eigenvalue weighted by Crippen LogP contribution is 2.10. The first-order valence-electron chi connectivity index (χ1n) is 4.67. The molecule has 0 radical (unpaired) electrons. The van der Waals surface area contributed by atoms with Crippen LogP contribution in [0.25, 0.3) is 0 Å². The summed E-state index contributed by atoms with van der Waals surface area (Å²) in [7, 11) is 0. The Morgan fingerprint density at radius 3 is 2.56 bits per heavy atom. The lowest BCUT2D eigenvalue weighted by Crippen LogP contribution is -2.29. The van der Waals surface area contributed by atoms with E-state index in [1.54, 1.807) is 20.8 Å². The highest BCUT2D eigenvalue weighted by atomic mass is 35.5. The zero-order valence-electron chi connectivity index (χ0n) is 9.26. The van der Waals surface area contributed by atoms with Gasteiger partial charge < -0.3 is 9.72 Å². The molecule has 0 saturated heterocycles. The summed E-state index contributed by atoms with van der Waals surface area (Å²) in [6.45, 7) is 5.20. The minimum atomic E-state index is -0.680. The Kier molecular flexibility index (Phi) is 3.59. The molecule has 1 amide bonds. The van der Waals surface area contributed by atoms with Crippen molar-refractivity contribution in [2.24, 2.45) is 0 Å². The third-order valence-corrected chi connectivity index (χ3v) is 1.73. The van der Waals surface area contributed by atoms with E-state index in [4.69, 9.17) is 16.3 Å². The molecule has 5 nitrogen and oxygen atoms in total. The second-order valence-electron chi connectivity index (χ2n) is 4.18. The number of pyridine rings is 1. The Bertz CT molecular complexity index is 448. The van der Waals surface area contributed by atoms with Crippen LogP contribution in [-0.2, 0) is 4.74 Å². The number of carbonyl (C=O) groups is 1. The van der Waals surface area contributed by atoms with Crippen molar-refractivity contribution in [2.75, 3.05) is 5.32 Å². The van der Waals surface area contributed by atoms with Crippen LogP contribution in [0.3, 0.4) is 0 Å². The number of hydrogen-bond donors (Lipinski definition) is 2. The van der Waals surface area contributed by atoms with Gasteiger partial charge >= 0.3 is 6.09 Å². The normalized spacial score (nSPS) is 11.0. The number of H-pyrrole nitrogens is 1. The van der Waals surface area contributed by atoms with Crippen LogP contribution in [0.1, 0.15) is 20.8 Å². The Labute approximate surface area is 97.8 Å². The summed E-state index contributed by atoms with van der Waals surface area (Å²) in [5.74, 6) is 0. The first kappa shape index (κ1) is 12.6. The fraction of sp³-hybridized carbons (Fsp3) is 0.400. The van der Waals surface area contributed by atoms with Crippen molar-refractivity contribution in [3.63, 3.8) is 0 Å². The smallest absolute Gasteiger partial charge is 0.412 e. The Morgan fingerprint density at radius 2 is 2.06 bits per heavy atom. The number of anilines is 1. The van der Waals surface area contributed by atoms with Crippen molar-refractivity contribution in [1.29, 1.82) is 0 Å². The van der Waals surface area contributed by atoms with Crippen molar-refractivity contribution in [2.45, 2.75) is 26.4 Å². The Balaban J connectivity index is 2.74. The van der Waals surface area contributed by atoms with Crippen LogP contribution >= 0.6 is 11.6 Å². The minimum absolute atomic E-state index is 0.0960. The molecule has 1 heterocycles. The number of aromatic nitrogens is 1. The van der Waals surface area contributed by atoms with Crippen molar-refractivity contribution in [1.82, 2.24) is 4.98 Å². The van der Waals surface area contributed by atoms with E-state index in [-0.39, 0.29) is 10.8 Å². The minimum Gasteiger partial charge on any atom is -0.444 e. The largest absolute Gasteiger partial charge is 0.444 e. The average Bonchev–Trinajstić information content (AvgIpc) is 2.06. The van der Waals surface area contributed by atoms with Gasteiger partial charge in [-0.25, -0.2) is 4.79 Å². The van der Waals surface area contributed by atoms with E-state index >= 15 is 0 Å². The van der Waals surface area contributed by atoms with Crippen LogP contribution in [0.5, 0.6) is 0 Å². The quantitative estimate of drug-likeness (QED) is 0.745. The molecule has 0 aliphatic heterocycles. The number of rotatable bonds is 1. The second kappa shape index (κ2) is 4.57. The van der Waals surface area contributed by atoms with Crippen molar-refractivity contribution >= 4 is 23.4 Å². The van der Waals surface area contributed by atoms with Crippen molar-refractivity contribution < 1.29 is 9.53 Å². The van der Waals surface area contributed by atoms with E-state index in [1.165, 1.54) is 12.1 Å². The van der Waals surface area contributed by atoms with E-state index in [0.717, 1.165) is 0 Å². The molecule has 0 spiro atoms. The van der Waals surface area contributed by atoms with Gasteiger partial charge in [0.25, 0.3) is 5.56 Å². The first-order chi connectivity index (χ1) is 7.28. The number of aromatic amines is 1. The summed E-state index contributed by atoms with van der Waals surface area (Å²) in [5, 5.41) is 2.54. The molecule has 0 aliphatic rings. The van der Waals surface area contributed by atoms with Crippen LogP contribution in [0.2, 0.25) is 5.15 Å². The Hall–Kier alpha value is -1.49. The Morgan fingerprint density at radius 1 is 1.44 bits per heavy atom. The van der Waals surface area contributed by atoms with Gasteiger partial charge in [-0.2, -0.15) is 0 Å². The van der Waals surface area contributed by atoms with Gasteiger partial charge in [-0.15, -0.1) is 0 Å². The maximum absolute atomic E-state index is 11.3. The molecule has 1 aromatic rings. The predicted molar refractivity (Wildman–Crippen MR) is 61.9 cm³/mol. The van der Waals surface area contributed by atoms with E-state index in [1.807, 2.05) is 0 Å². The van der Waals surface area contributed by atoms with E-state index in [9.17, 15) is 9.59 Å². The third kappa shape index (κ3) is 3.94. The summed E-state index contributed by atoms with van der Waals surface area (Å²) >= 11 is 5.56. The van der Waals surface area contributed by atoms with Gasteiger partial charge in [0.1, 0.15) is 16.4 Å². The lowest BCUT2D eigenvalue weighted by Gasteiger charge is -2.19. The molecule has 2 N–H and O–H groups in total. The number of nitrogens with one attached hydrogen (secondary N) is 2. The molecule has 6 heteroatoms. The fourth-order valence-electron chi connectivity index (χ4n) is 0.962. The van der Waals surface area contributed by atoms with Crippen LogP contribution in [0.15, 0.2) is 16.9 Å². The van der Waals surface area contributed by atoms with Crippen LogP contribution in [-0.4, -0.2) is 16.7 Å². The molecular weight excluding hydrogens is 232 g/mol. The molecule has 0 saturated carbocycles. The van der Waals surface area contributed by atoms with Crippen LogP contribution in [0.4, 0.5) is 10.5 Å². The summed E-state index contributed by atoms with van der Waals surface area (Å²) in [6, 6.07) is 2.88. The number of halogens is 1. The van der Waals surface area contributed by atoms with Gasteiger partial charge in [0, 0.05) is 0 Å². The van der Waals surface area contributed by atoms with Gasteiger partial charge in [0.2, 0.25) is 0 Å². The SMILES string of the molecule is CC(C)(C)OC(=O)Nc1ccc(Cl)[nH]c1=O. The highest BCUT2D eigenvalue weighted by molar-refractivity contribution is 6.29. The van der Waals surface area contributed by atoms with Gasteiger partial charge in [-0.05, 0) is 32.9 Å². The molecule has 88 valence electrons. The van der Waals surface area contributed by atoms with Crippen LogP contribution < -0.4 is 10.9 Å². The first-order valence-corrected chi connectivity index (χ1v) is 5.04. The van der Waals surface area contributed by atoms with E-state index in [2.05, 4.69) is 10.3 Å². The summed E-state index contributed by atoms with van der Waals surface area (Å²) in [5.41, 5.74) is -0.986. The second-order valence-corrected chi connectivity index (χ2v) is 4.58. The molecule has 1 aromatic heterocycles. The summed E-state index contributed by atoms with van der Waals surface area (Å²) in [4.78, 5) is 25.0. The molecule has 0 aliphatic carbocycles. The van der Waals surface area contributed by atoms with E-state index < -0.39 is 17.3 Å². The monoisotopic (exact) mass is 244 g/mol. The number of amides is 1. The molecule has 0 aromatic carbocycles. The zero-order chi connectivity index (χ0) is 12.3. The zero-order valence-corrected chi connectivity index (χ0v) is 10.0. The average molecular weight is 245 g/mol. The standard InChI is InChI=1S/C10H13ClN2O3/c1-10(2,3)16-9(15)12-6-4-5-7(11)13-8(6)14/h4-5H,1-3H3,(H,12,15)(H,13,14). The van der Waals surface area contributed by atoms with Gasteiger partial charge in [-0.3, -0.25) is 10.1 Å². The predicted octanol–water partition coefficient (Wildman–Crippen LogP) is 2.38. The van der Waals surface area contributed by atoms with Gasteiger partial charge in [0.15, 0.2) is 0 Å². The molecular formula is C10H13ClN2O3. The van der Waals surface area contributed by atoms with Gasteiger partial charge in [-0.1, -0.05) is 11.6 Å². The summed E-state index contributed by atoms with van der Waals surface area (Å²) in [6.07, 6.45) is -0.680. The van der Waals surface area contributed by atoms with E-state index in [0.29, 0.717) is 0 Å². The molecule has 16 heavy (non-hydrogen) atoms. The number of ether oxygens (including phenoxy) is 1. The molecule has 0 atom stereocenters. The van der Waals surface area contributed by atoms with Gasteiger partial charge in [0.05, 0.1) is 0 Å². The number of carbonyl (C=O) groups excluding carboxylic acids is 1. The third-order valence-electron chi connectivity index (χ3n) is 1.51. The lowest BCUT2D eigenvalue weighted by atomic mass is 10.2. The lowest BCUT2D eigenvalue weighted by molar-refractivity contribution is 0.0635. The maximum atomic E-state index is 11.3. The van der Waals surface area contributed by atoms with Crippen LogP contribution in [0, 0.1) is 0 Å². The molecule has 0 unspecified atom stereocenters. The topological polar surface area (TPSA) is 71.2 Å².